The summed E-state index contributed by atoms with van der Waals surface area (Å²) in [4.78, 5) is 17.9. The molecule has 2 heterocycles. The van der Waals surface area contributed by atoms with E-state index in [9.17, 15) is 4.79 Å². The number of piperidine rings is 1. The Balaban J connectivity index is 1.66. The van der Waals surface area contributed by atoms with Gasteiger partial charge >= 0.3 is 6.03 Å². The molecule has 2 amide bonds. The highest BCUT2D eigenvalue weighted by molar-refractivity contribution is 5.73. The molecule has 0 bridgehead atoms. The Kier molecular flexibility index (Phi) is 6.26. The second kappa shape index (κ2) is 7.96. The van der Waals surface area contributed by atoms with E-state index < -0.39 is 0 Å². The van der Waals surface area contributed by atoms with Crippen molar-refractivity contribution in [3.63, 3.8) is 0 Å². The van der Waals surface area contributed by atoms with Crippen molar-refractivity contribution >= 4 is 6.03 Å². The molecule has 1 atom stereocenters. The fourth-order valence-electron chi connectivity index (χ4n) is 3.05. The molecule has 122 valence electrons. The van der Waals surface area contributed by atoms with Crippen molar-refractivity contribution in [1.82, 2.24) is 20.0 Å². The lowest BCUT2D eigenvalue weighted by Crippen LogP contribution is -2.51. The van der Waals surface area contributed by atoms with Crippen molar-refractivity contribution in [2.24, 2.45) is 0 Å². The van der Waals surface area contributed by atoms with Gasteiger partial charge in [0.25, 0.3) is 0 Å². The van der Waals surface area contributed by atoms with E-state index in [0.29, 0.717) is 12.1 Å². The van der Waals surface area contributed by atoms with Crippen LogP contribution in [0.25, 0.3) is 0 Å². The van der Waals surface area contributed by atoms with Gasteiger partial charge in [0.1, 0.15) is 0 Å². The number of carbonyl (C=O) groups excluding carboxylic acids is 1. The molecular weight excluding hydrogens is 268 g/mol. The Bertz CT molecular complexity index is 330. The summed E-state index contributed by atoms with van der Waals surface area (Å²) in [6.07, 6.45) is 2.37. The highest BCUT2D eigenvalue weighted by Gasteiger charge is 2.25. The molecule has 2 rings (SSSR count). The van der Waals surface area contributed by atoms with Crippen LogP contribution in [-0.2, 0) is 4.74 Å². The average Bonchev–Trinajstić information content (AvgIpc) is 2.53. The summed E-state index contributed by atoms with van der Waals surface area (Å²) in [6.45, 7) is 8.85. The molecule has 2 saturated heterocycles. The van der Waals surface area contributed by atoms with Crippen molar-refractivity contribution in [2.75, 3.05) is 60.0 Å². The van der Waals surface area contributed by atoms with Crippen LogP contribution in [0.3, 0.4) is 0 Å². The first-order valence-corrected chi connectivity index (χ1v) is 8.13. The fraction of sp³-hybridized carbons (Fsp3) is 0.933. The maximum atomic E-state index is 11.9. The Hall–Kier alpha value is -0.850. The zero-order valence-electron chi connectivity index (χ0n) is 13.7. The third kappa shape index (κ3) is 4.83. The number of hydrogen-bond donors (Lipinski definition) is 1. The first-order chi connectivity index (χ1) is 10.1. The average molecular weight is 298 g/mol. The second-order valence-electron chi connectivity index (χ2n) is 6.23. The summed E-state index contributed by atoms with van der Waals surface area (Å²) in [6, 6.07) is 0.638. The zero-order valence-corrected chi connectivity index (χ0v) is 13.7. The monoisotopic (exact) mass is 298 g/mol. The van der Waals surface area contributed by atoms with Crippen LogP contribution in [-0.4, -0.2) is 92.8 Å². The van der Waals surface area contributed by atoms with Crippen LogP contribution in [0.5, 0.6) is 0 Å². The highest BCUT2D eigenvalue weighted by atomic mass is 16.5. The molecule has 0 aliphatic carbocycles. The number of likely N-dealkylation sites (tertiary alicyclic amines) is 1. The molecule has 6 nitrogen and oxygen atoms in total. The fourth-order valence-corrected chi connectivity index (χ4v) is 3.05. The molecule has 2 fully saturated rings. The molecule has 21 heavy (non-hydrogen) atoms. The molecule has 6 heteroatoms. The first kappa shape index (κ1) is 16.5. The highest BCUT2D eigenvalue weighted by Crippen LogP contribution is 2.12. The van der Waals surface area contributed by atoms with Crippen LogP contribution in [0.4, 0.5) is 4.79 Å². The number of nitrogens with one attached hydrogen (secondary N) is 1. The minimum Gasteiger partial charge on any atom is -0.374 e. The molecule has 2 aliphatic rings. The summed E-state index contributed by atoms with van der Waals surface area (Å²) in [5.41, 5.74) is 0. The predicted molar refractivity (Wildman–Crippen MR) is 83.5 cm³/mol. The van der Waals surface area contributed by atoms with Gasteiger partial charge in [-0.3, -0.25) is 4.90 Å². The SMILES string of the molecule is CCN1CCOC(CNC2CCN(C(=O)N(C)C)CC2)C1. The topological polar surface area (TPSA) is 48.1 Å². The van der Waals surface area contributed by atoms with Crippen LogP contribution in [0, 0.1) is 0 Å². The largest absolute Gasteiger partial charge is 0.374 e. The number of rotatable bonds is 4. The van der Waals surface area contributed by atoms with Gasteiger partial charge in [-0.1, -0.05) is 6.92 Å². The lowest BCUT2D eigenvalue weighted by molar-refractivity contribution is -0.0270. The van der Waals surface area contributed by atoms with Crippen molar-refractivity contribution in [3.8, 4) is 0 Å². The van der Waals surface area contributed by atoms with Gasteiger partial charge in [0, 0.05) is 52.9 Å². The van der Waals surface area contributed by atoms with Crippen LogP contribution in [0.15, 0.2) is 0 Å². The number of nitrogens with zero attached hydrogens (tertiary/aromatic N) is 3. The standard InChI is InChI=1S/C15H30N4O2/c1-4-18-9-10-21-14(12-18)11-16-13-5-7-19(8-6-13)15(20)17(2)3/h13-14,16H,4-12H2,1-3H3. The van der Waals surface area contributed by atoms with Crippen LogP contribution in [0.1, 0.15) is 19.8 Å². The molecule has 0 spiro atoms. The van der Waals surface area contributed by atoms with Crippen molar-refractivity contribution in [2.45, 2.75) is 31.9 Å². The minimum absolute atomic E-state index is 0.127. The van der Waals surface area contributed by atoms with Gasteiger partial charge in [-0.25, -0.2) is 4.79 Å². The van der Waals surface area contributed by atoms with Crippen LogP contribution < -0.4 is 5.32 Å². The van der Waals surface area contributed by atoms with E-state index in [1.807, 2.05) is 19.0 Å². The quantitative estimate of drug-likeness (QED) is 0.818. The summed E-state index contributed by atoms with van der Waals surface area (Å²) >= 11 is 0. The van der Waals surface area contributed by atoms with Crippen molar-refractivity contribution in [3.05, 3.63) is 0 Å². The second-order valence-corrected chi connectivity index (χ2v) is 6.23. The molecular formula is C15H30N4O2. The van der Waals surface area contributed by atoms with E-state index in [1.165, 1.54) is 0 Å². The zero-order chi connectivity index (χ0) is 15.2. The molecule has 0 radical (unpaired) electrons. The number of amides is 2. The molecule has 0 aromatic rings. The van der Waals surface area contributed by atoms with E-state index in [4.69, 9.17) is 4.74 Å². The molecule has 0 saturated carbocycles. The Labute approximate surface area is 128 Å². The Morgan fingerprint density at radius 2 is 2.00 bits per heavy atom. The van der Waals surface area contributed by atoms with Crippen molar-refractivity contribution in [1.29, 1.82) is 0 Å². The van der Waals surface area contributed by atoms with Gasteiger partial charge in [0.2, 0.25) is 0 Å². The normalized spacial score (nSPS) is 25.1. The van der Waals surface area contributed by atoms with Crippen molar-refractivity contribution < 1.29 is 9.53 Å². The van der Waals surface area contributed by atoms with E-state index >= 15 is 0 Å². The van der Waals surface area contributed by atoms with Gasteiger partial charge in [0.05, 0.1) is 12.7 Å². The number of likely N-dealkylation sites (N-methyl/N-ethyl adjacent to an activating group) is 1. The lowest BCUT2D eigenvalue weighted by Gasteiger charge is -2.36. The third-order valence-corrected chi connectivity index (χ3v) is 4.45. The summed E-state index contributed by atoms with van der Waals surface area (Å²) < 4.78 is 5.82. The molecule has 2 aliphatic heterocycles. The Morgan fingerprint density at radius 3 is 2.62 bits per heavy atom. The van der Waals surface area contributed by atoms with Gasteiger partial charge in [-0.15, -0.1) is 0 Å². The van der Waals surface area contributed by atoms with Crippen LogP contribution in [0.2, 0.25) is 0 Å². The number of urea groups is 1. The molecule has 1 N–H and O–H groups in total. The Morgan fingerprint density at radius 1 is 1.29 bits per heavy atom. The van der Waals surface area contributed by atoms with Gasteiger partial charge in [-0.2, -0.15) is 0 Å². The molecule has 1 unspecified atom stereocenters. The first-order valence-electron chi connectivity index (χ1n) is 8.13. The van der Waals surface area contributed by atoms with E-state index in [2.05, 4.69) is 17.1 Å². The predicted octanol–water partition coefficient (Wildman–Crippen LogP) is 0.443. The maximum Gasteiger partial charge on any atom is 0.319 e. The number of morpholine rings is 1. The summed E-state index contributed by atoms with van der Waals surface area (Å²) in [5, 5.41) is 3.62. The molecule has 0 aromatic carbocycles. The maximum absolute atomic E-state index is 11.9. The smallest absolute Gasteiger partial charge is 0.319 e. The van der Waals surface area contributed by atoms with E-state index in [1.54, 1.807) is 4.90 Å². The number of ether oxygens (including phenoxy) is 1. The summed E-state index contributed by atoms with van der Waals surface area (Å²) in [5.74, 6) is 0. The van der Waals surface area contributed by atoms with E-state index in [-0.39, 0.29) is 6.03 Å². The van der Waals surface area contributed by atoms with Gasteiger partial charge in [-0.05, 0) is 19.4 Å². The number of carbonyl (C=O) groups is 1. The van der Waals surface area contributed by atoms with Gasteiger partial charge in [0.15, 0.2) is 0 Å². The number of hydrogen-bond acceptors (Lipinski definition) is 4. The van der Waals surface area contributed by atoms with Gasteiger partial charge < -0.3 is 19.9 Å². The third-order valence-electron chi connectivity index (χ3n) is 4.45. The van der Waals surface area contributed by atoms with Crippen LogP contribution >= 0.6 is 0 Å². The lowest BCUT2D eigenvalue weighted by atomic mass is 10.0. The molecule has 0 aromatic heterocycles. The van der Waals surface area contributed by atoms with E-state index in [0.717, 1.165) is 58.7 Å². The summed E-state index contributed by atoms with van der Waals surface area (Å²) in [7, 11) is 3.62. The minimum atomic E-state index is 0.127.